The van der Waals surface area contributed by atoms with Gasteiger partial charge in [-0.05, 0) is 23.8 Å². The molecule has 0 unspecified atom stereocenters. The predicted molar refractivity (Wildman–Crippen MR) is 118 cm³/mol. The van der Waals surface area contributed by atoms with Crippen molar-refractivity contribution >= 4 is 39.3 Å². The first-order chi connectivity index (χ1) is 13.8. The van der Waals surface area contributed by atoms with E-state index in [-0.39, 0.29) is 10.9 Å². The minimum absolute atomic E-state index is 0.139. The summed E-state index contributed by atoms with van der Waals surface area (Å²) in [5, 5.41) is 0.233. The number of nitrogens with one attached hydrogen (secondary N) is 1. The standard InChI is InChI=1S/C21H24ClN3O3S/c1-29(27,28)23-18-9-10-19(20(22)16-18)21(26)25-14-12-24(13-15-25)11-5-8-17-6-3-2-4-7-17/h2-10,16,23H,11-15H2,1H3/b8-5+. The molecular weight excluding hydrogens is 410 g/mol. The quantitative estimate of drug-likeness (QED) is 0.759. The Morgan fingerprint density at radius 2 is 1.79 bits per heavy atom. The van der Waals surface area contributed by atoms with Crippen molar-refractivity contribution in [1.82, 2.24) is 9.80 Å². The number of carbonyl (C=O) groups excluding carboxylic acids is 1. The molecule has 1 amide bonds. The van der Waals surface area contributed by atoms with Crippen LogP contribution in [0.2, 0.25) is 5.02 Å². The van der Waals surface area contributed by atoms with E-state index in [1.165, 1.54) is 11.6 Å². The van der Waals surface area contributed by atoms with Gasteiger partial charge in [0.25, 0.3) is 5.91 Å². The van der Waals surface area contributed by atoms with Gasteiger partial charge in [0.15, 0.2) is 0 Å². The Labute approximate surface area is 176 Å². The van der Waals surface area contributed by atoms with Gasteiger partial charge in [-0.2, -0.15) is 0 Å². The van der Waals surface area contributed by atoms with Crippen LogP contribution in [0.25, 0.3) is 6.08 Å². The molecule has 2 aromatic rings. The molecule has 1 N–H and O–H groups in total. The van der Waals surface area contributed by atoms with Crippen molar-refractivity contribution in [2.45, 2.75) is 0 Å². The number of rotatable bonds is 6. The summed E-state index contributed by atoms with van der Waals surface area (Å²) in [5.74, 6) is -0.139. The van der Waals surface area contributed by atoms with Gasteiger partial charge in [0.2, 0.25) is 10.0 Å². The minimum Gasteiger partial charge on any atom is -0.336 e. The van der Waals surface area contributed by atoms with E-state index in [4.69, 9.17) is 11.6 Å². The number of nitrogens with zero attached hydrogens (tertiary/aromatic N) is 2. The van der Waals surface area contributed by atoms with E-state index >= 15 is 0 Å². The highest BCUT2D eigenvalue weighted by Crippen LogP contribution is 2.23. The van der Waals surface area contributed by atoms with Gasteiger partial charge in [-0.15, -0.1) is 0 Å². The van der Waals surface area contributed by atoms with Crippen LogP contribution in [0.15, 0.2) is 54.6 Å². The largest absolute Gasteiger partial charge is 0.336 e. The maximum atomic E-state index is 12.8. The monoisotopic (exact) mass is 433 g/mol. The molecule has 154 valence electrons. The summed E-state index contributed by atoms with van der Waals surface area (Å²) in [4.78, 5) is 16.9. The molecule has 1 heterocycles. The number of anilines is 1. The fraction of sp³-hybridized carbons (Fsp3) is 0.286. The highest BCUT2D eigenvalue weighted by Gasteiger charge is 2.23. The third-order valence-corrected chi connectivity index (χ3v) is 5.55. The summed E-state index contributed by atoms with van der Waals surface area (Å²) < 4.78 is 25.0. The van der Waals surface area contributed by atoms with E-state index in [0.29, 0.717) is 24.3 Å². The second-order valence-corrected chi connectivity index (χ2v) is 9.13. The number of benzene rings is 2. The normalized spacial score (nSPS) is 15.6. The van der Waals surface area contributed by atoms with Crippen LogP contribution in [0.5, 0.6) is 0 Å². The van der Waals surface area contributed by atoms with Crippen molar-refractivity contribution in [1.29, 1.82) is 0 Å². The first-order valence-electron chi connectivity index (χ1n) is 9.32. The Morgan fingerprint density at radius 3 is 2.41 bits per heavy atom. The molecule has 1 aliphatic heterocycles. The van der Waals surface area contributed by atoms with Crippen molar-refractivity contribution < 1.29 is 13.2 Å². The maximum absolute atomic E-state index is 12.8. The number of piperazine rings is 1. The average Bonchev–Trinajstić information content (AvgIpc) is 2.68. The van der Waals surface area contributed by atoms with Crippen LogP contribution in [0.4, 0.5) is 5.69 Å². The lowest BCUT2D eigenvalue weighted by atomic mass is 10.1. The Morgan fingerprint density at radius 1 is 1.10 bits per heavy atom. The van der Waals surface area contributed by atoms with Crippen molar-refractivity contribution in [3.8, 4) is 0 Å². The Bertz CT molecular complexity index is 985. The van der Waals surface area contributed by atoms with Crippen LogP contribution in [0, 0.1) is 0 Å². The average molecular weight is 434 g/mol. The minimum atomic E-state index is -3.39. The van der Waals surface area contributed by atoms with Crippen LogP contribution < -0.4 is 4.72 Å². The zero-order chi connectivity index (χ0) is 20.9. The van der Waals surface area contributed by atoms with E-state index < -0.39 is 10.0 Å². The Hall–Kier alpha value is -2.35. The molecule has 29 heavy (non-hydrogen) atoms. The van der Waals surface area contributed by atoms with Crippen molar-refractivity contribution in [3.63, 3.8) is 0 Å². The van der Waals surface area contributed by atoms with E-state index in [0.717, 1.165) is 25.9 Å². The second kappa shape index (κ2) is 9.43. The number of hydrogen-bond donors (Lipinski definition) is 1. The highest BCUT2D eigenvalue weighted by molar-refractivity contribution is 7.92. The number of carbonyl (C=O) groups is 1. The lowest BCUT2D eigenvalue weighted by molar-refractivity contribution is 0.0650. The first kappa shape index (κ1) is 21.4. The molecule has 0 saturated carbocycles. The SMILES string of the molecule is CS(=O)(=O)Nc1ccc(C(=O)N2CCN(C/C=C/c3ccccc3)CC2)c(Cl)c1. The van der Waals surface area contributed by atoms with Crippen molar-refractivity contribution in [2.75, 3.05) is 43.7 Å². The van der Waals surface area contributed by atoms with Gasteiger partial charge < -0.3 is 4.90 Å². The van der Waals surface area contributed by atoms with Gasteiger partial charge in [-0.25, -0.2) is 8.42 Å². The molecule has 1 aliphatic rings. The molecule has 0 spiro atoms. The molecular formula is C21H24ClN3O3S. The summed E-state index contributed by atoms with van der Waals surface area (Å²) in [6, 6.07) is 14.7. The van der Waals surface area contributed by atoms with Crippen LogP contribution in [-0.2, 0) is 10.0 Å². The number of halogens is 1. The molecule has 0 bridgehead atoms. The van der Waals surface area contributed by atoms with Crippen LogP contribution >= 0.6 is 11.6 Å². The van der Waals surface area contributed by atoms with Crippen LogP contribution in [0.1, 0.15) is 15.9 Å². The topological polar surface area (TPSA) is 69.7 Å². The number of amides is 1. The van der Waals surface area contributed by atoms with Crippen LogP contribution in [-0.4, -0.2) is 63.1 Å². The smallest absolute Gasteiger partial charge is 0.255 e. The molecule has 0 atom stereocenters. The molecule has 8 heteroatoms. The van der Waals surface area contributed by atoms with E-state index in [2.05, 4.69) is 33.9 Å². The van der Waals surface area contributed by atoms with E-state index in [9.17, 15) is 13.2 Å². The fourth-order valence-corrected chi connectivity index (χ4v) is 3.99. The molecule has 0 aromatic heterocycles. The van der Waals surface area contributed by atoms with E-state index in [1.807, 2.05) is 18.2 Å². The zero-order valence-corrected chi connectivity index (χ0v) is 17.8. The summed E-state index contributed by atoms with van der Waals surface area (Å²) in [5.41, 5.74) is 1.89. The van der Waals surface area contributed by atoms with Gasteiger partial charge in [-0.3, -0.25) is 14.4 Å². The first-order valence-corrected chi connectivity index (χ1v) is 11.6. The molecule has 0 aliphatic carbocycles. The highest BCUT2D eigenvalue weighted by atomic mass is 35.5. The van der Waals surface area contributed by atoms with Gasteiger partial charge in [0.05, 0.1) is 16.8 Å². The zero-order valence-electron chi connectivity index (χ0n) is 16.2. The molecule has 6 nitrogen and oxygen atoms in total. The fourth-order valence-electron chi connectivity index (χ4n) is 3.17. The molecule has 3 rings (SSSR count). The molecule has 0 radical (unpaired) electrons. The maximum Gasteiger partial charge on any atom is 0.255 e. The predicted octanol–water partition coefficient (Wildman–Crippen LogP) is 3.18. The Kier molecular flexibility index (Phi) is 6.95. The third-order valence-electron chi connectivity index (χ3n) is 4.64. The van der Waals surface area contributed by atoms with E-state index in [1.54, 1.807) is 17.0 Å². The molecule has 2 aromatic carbocycles. The summed E-state index contributed by atoms with van der Waals surface area (Å²) in [6.45, 7) is 3.66. The lowest BCUT2D eigenvalue weighted by Crippen LogP contribution is -2.48. The summed E-state index contributed by atoms with van der Waals surface area (Å²) >= 11 is 6.23. The second-order valence-electron chi connectivity index (χ2n) is 6.97. The molecule has 1 fully saturated rings. The summed E-state index contributed by atoms with van der Waals surface area (Å²) in [6.07, 6.45) is 5.30. The van der Waals surface area contributed by atoms with Crippen molar-refractivity contribution in [3.05, 3.63) is 70.8 Å². The number of hydrogen-bond acceptors (Lipinski definition) is 4. The van der Waals surface area contributed by atoms with Gasteiger partial charge in [0.1, 0.15) is 0 Å². The van der Waals surface area contributed by atoms with Gasteiger partial charge in [-0.1, -0.05) is 54.1 Å². The van der Waals surface area contributed by atoms with Crippen molar-refractivity contribution in [2.24, 2.45) is 0 Å². The lowest BCUT2D eigenvalue weighted by Gasteiger charge is -2.34. The van der Waals surface area contributed by atoms with Crippen LogP contribution in [0.3, 0.4) is 0 Å². The van der Waals surface area contributed by atoms with Gasteiger partial charge >= 0.3 is 0 Å². The summed E-state index contributed by atoms with van der Waals surface area (Å²) in [7, 11) is -3.39. The Balaban J connectivity index is 1.54. The third kappa shape index (κ3) is 6.32. The number of sulfonamides is 1. The molecule has 1 saturated heterocycles. The van der Waals surface area contributed by atoms with Gasteiger partial charge in [0, 0.05) is 38.4 Å².